The van der Waals surface area contributed by atoms with Crippen molar-refractivity contribution in [2.45, 2.75) is 44.2 Å². The van der Waals surface area contributed by atoms with Gasteiger partial charge in [0.1, 0.15) is 17.4 Å². The predicted molar refractivity (Wildman–Crippen MR) is 114 cm³/mol. The number of primary amides is 1. The minimum Gasteiger partial charge on any atom is -0.390 e. The first-order valence-corrected chi connectivity index (χ1v) is 10.0. The summed E-state index contributed by atoms with van der Waals surface area (Å²) < 4.78 is 6.07. The van der Waals surface area contributed by atoms with Gasteiger partial charge in [0.05, 0.1) is 23.6 Å². The second-order valence-corrected chi connectivity index (χ2v) is 7.87. The van der Waals surface area contributed by atoms with Crippen molar-refractivity contribution >= 4 is 5.91 Å². The maximum Gasteiger partial charge on any atom is 0.269 e. The summed E-state index contributed by atoms with van der Waals surface area (Å²) in [6.45, 7) is 3.24. The molecule has 2 aromatic heterocycles. The van der Waals surface area contributed by atoms with Crippen molar-refractivity contribution < 1.29 is 19.7 Å². The van der Waals surface area contributed by atoms with Gasteiger partial charge in [0.25, 0.3) is 5.91 Å². The molecule has 8 heteroatoms. The fraction of sp³-hybridized carbons (Fsp3) is 0.304. The number of aromatic nitrogens is 3. The molecular weight excluding hydrogens is 396 g/mol. The van der Waals surface area contributed by atoms with Crippen molar-refractivity contribution in [3.63, 3.8) is 0 Å². The van der Waals surface area contributed by atoms with Crippen LogP contribution < -0.4 is 5.73 Å². The summed E-state index contributed by atoms with van der Waals surface area (Å²) in [5.41, 5.74) is 6.77. The number of nitrogens with zero attached hydrogens (tertiary/aromatic N) is 3. The number of ether oxygens (including phenoxy) is 1. The standard InChI is InChI=1S/C23H24N4O4/c1-13-23(2,30)17(28)11-16(31-13)20-18(14-7-4-3-5-8-14)27-21(22(24)29)19(26-20)15-9-6-10-25-12-15/h3-10,12-13,16-17,28,30H,11H2,1-2H3,(H2,24,29). The van der Waals surface area contributed by atoms with E-state index in [0.29, 0.717) is 22.6 Å². The number of benzene rings is 1. The van der Waals surface area contributed by atoms with Crippen LogP contribution in [-0.4, -0.2) is 48.9 Å². The third kappa shape index (κ3) is 3.93. The van der Waals surface area contributed by atoms with E-state index in [1.807, 2.05) is 30.3 Å². The quantitative estimate of drug-likeness (QED) is 0.590. The summed E-state index contributed by atoms with van der Waals surface area (Å²) >= 11 is 0. The van der Waals surface area contributed by atoms with Crippen LogP contribution in [0.2, 0.25) is 0 Å². The van der Waals surface area contributed by atoms with E-state index >= 15 is 0 Å². The number of nitrogens with two attached hydrogens (primary N) is 1. The molecule has 4 rings (SSSR count). The van der Waals surface area contributed by atoms with E-state index in [1.165, 1.54) is 0 Å². The van der Waals surface area contributed by atoms with E-state index in [9.17, 15) is 15.0 Å². The van der Waals surface area contributed by atoms with Gasteiger partial charge in [-0.2, -0.15) is 0 Å². The lowest BCUT2D eigenvalue weighted by molar-refractivity contribution is -0.216. The Labute approximate surface area is 179 Å². The molecule has 1 saturated heterocycles. The van der Waals surface area contributed by atoms with Crippen molar-refractivity contribution in [3.05, 3.63) is 66.2 Å². The smallest absolute Gasteiger partial charge is 0.269 e. The summed E-state index contributed by atoms with van der Waals surface area (Å²) in [6, 6.07) is 12.8. The fourth-order valence-electron chi connectivity index (χ4n) is 3.69. The van der Waals surface area contributed by atoms with Crippen molar-refractivity contribution in [3.8, 4) is 22.5 Å². The molecule has 0 aliphatic carbocycles. The molecule has 1 aliphatic rings. The molecule has 0 spiro atoms. The Morgan fingerprint density at radius 1 is 1.13 bits per heavy atom. The zero-order valence-corrected chi connectivity index (χ0v) is 17.3. The van der Waals surface area contributed by atoms with Gasteiger partial charge in [0, 0.05) is 29.9 Å². The molecule has 3 aromatic rings. The van der Waals surface area contributed by atoms with Crippen LogP contribution in [0.25, 0.3) is 22.5 Å². The molecule has 160 valence electrons. The number of amides is 1. The van der Waals surface area contributed by atoms with E-state index in [1.54, 1.807) is 38.4 Å². The fourth-order valence-corrected chi connectivity index (χ4v) is 3.69. The molecule has 1 aromatic carbocycles. The summed E-state index contributed by atoms with van der Waals surface area (Å²) in [5.74, 6) is -0.712. The molecule has 1 amide bonds. The molecule has 8 nitrogen and oxygen atoms in total. The van der Waals surface area contributed by atoms with Crippen LogP contribution in [0.5, 0.6) is 0 Å². The lowest BCUT2D eigenvalue weighted by atomic mass is 9.85. The van der Waals surface area contributed by atoms with Crippen LogP contribution in [0.4, 0.5) is 0 Å². The van der Waals surface area contributed by atoms with Gasteiger partial charge >= 0.3 is 0 Å². The minimum absolute atomic E-state index is 0.0204. The first-order chi connectivity index (χ1) is 14.8. The number of hydrogen-bond donors (Lipinski definition) is 3. The highest BCUT2D eigenvalue weighted by Gasteiger charge is 2.45. The van der Waals surface area contributed by atoms with Gasteiger partial charge < -0.3 is 20.7 Å². The number of aliphatic hydroxyl groups is 2. The SMILES string of the molecule is CC1OC(c2nc(-c3cccnc3)c(C(N)=O)nc2-c2ccccc2)CC(O)C1(C)O. The second-order valence-electron chi connectivity index (χ2n) is 7.87. The molecule has 4 N–H and O–H groups in total. The lowest BCUT2D eigenvalue weighted by Crippen LogP contribution is -2.54. The highest BCUT2D eigenvalue weighted by molar-refractivity contribution is 5.97. The number of carbonyl (C=O) groups is 1. The second kappa shape index (κ2) is 8.14. The highest BCUT2D eigenvalue weighted by atomic mass is 16.5. The number of hydrogen-bond acceptors (Lipinski definition) is 7. The maximum absolute atomic E-state index is 12.3. The third-order valence-electron chi connectivity index (χ3n) is 5.75. The van der Waals surface area contributed by atoms with Crippen LogP contribution in [0, 0.1) is 0 Å². The van der Waals surface area contributed by atoms with Crippen LogP contribution in [0.3, 0.4) is 0 Å². The van der Waals surface area contributed by atoms with Crippen LogP contribution in [0.15, 0.2) is 54.9 Å². The summed E-state index contributed by atoms with van der Waals surface area (Å²) in [6.07, 6.45) is 0.990. The average molecular weight is 420 g/mol. The Bertz CT molecular complexity index is 1080. The van der Waals surface area contributed by atoms with Crippen molar-refractivity contribution in [2.75, 3.05) is 0 Å². The molecule has 31 heavy (non-hydrogen) atoms. The largest absolute Gasteiger partial charge is 0.390 e. The van der Waals surface area contributed by atoms with Crippen LogP contribution >= 0.6 is 0 Å². The molecule has 0 bridgehead atoms. The average Bonchev–Trinajstić information content (AvgIpc) is 2.77. The van der Waals surface area contributed by atoms with Gasteiger partial charge in [-0.1, -0.05) is 30.3 Å². The first-order valence-electron chi connectivity index (χ1n) is 10.0. The first kappa shape index (κ1) is 21.0. The van der Waals surface area contributed by atoms with E-state index in [-0.39, 0.29) is 12.1 Å². The summed E-state index contributed by atoms with van der Waals surface area (Å²) in [5, 5.41) is 21.1. The highest BCUT2D eigenvalue weighted by Crippen LogP contribution is 2.40. The Hall–Kier alpha value is -3.20. The number of pyridine rings is 1. The Morgan fingerprint density at radius 3 is 2.45 bits per heavy atom. The van der Waals surface area contributed by atoms with Gasteiger partial charge in [-0.15, -0.1) is 0 Å². The maximum atomic E-state index is 12.3. The molecule has 4 unspecified atom stereocenters. The Kier molecular flexibility index (Phi) is 5.53. The molecule has 1 fully saturated rings. The van der Waals surface area contributed by atoms with Gasteiger partial charge in [0.15, 0.2) is 5.69 Å². The van der Waals surface area contributed by atoms with Crippen molar-refractivity contribution in [1.82, 2.24) is 15.0 Å². The van der Waals surface area contributed by atoms with Crippen LogP contribution in [0.1, 0.15) is 42.6 Å². The summed E-state index contributed by atoms with van der Waals surface area (Å²) in [4.78, 5) is 25.7. The predicted octanol–water partition coefficient (Wildman–Crippen LogP) is 2.27. The molecule has 3 heterocycles. The van der Waals surface area contributed by atoms with Crippen molar-refractivity contribution in [1.29, 1.82) is 0 Å². The normalized spacial score (nSPS) is 25.9. The minimum atomic E-state index is -1.39. The number of carbonyl (C=O) groups excluding carboxylic acids is 1. The third-order valence-corrected chi connectivity index (χ3v) is 5.75. The zero-order chi connectivity index (χ0) is 22.2. The van der Waals surface area contributed by atoms with Gasteiger partial charge in [-0.3, -0.25) is 9.78 Å². The number of rotatable bonds is 4. The Balaban J connectivity index is 1.93. The molecule has 0 saturated carbocycles. The van der Waals surface area contributed by atoms with E-state index in [2.05, 4.69) is 9.97 Å². The van der Waals surface area contributed by atoms with Gasteiger partial charge in [0.2, 0.25) is 0 Å². The summed E-state index contributed by atoms with van der Waals surface area (Å²) in [7, 11) is 0. The van der Waals surface area contributed by atoms with Crippen LogP contribution in [-0.2, 0) is 4.74 Å². The monoisotopic (exact) mass is 420 g/mol. The zero-order valence-electron chi connectivity index (χ0n) is 17.3. The number of aliphatic hydroxyl groups excluding tert-OH is 1. The van der Waals surface area contributed by atoms with Crippen molar-refractivity contribution in [2.24, 2.45) is 5.73 Å². The molecule has 4 atom stereocenters. The van der Waals surface area contributed by atoms with Gasteiger partial charge in [-0.25, -0.2) is 9.97 Å². The van der Waals surface area contributed by atoms with E-state index in [4.69, 9.17) is 15.5 Å². The molecular formula is C23H24N4O4. The molecule has 1 aliphatic heterocycles. The van der Waals surface area contributed by atoms with Gasteiger partial charge in [-0.05, 0) is 26.0 Å². The molecule has 0 radical (unpaired) electrons. The Morgan fingerprint density at radius 2 is 1.84 bits per heavy atom. The topological polar surface area (TPSA) is 131 Å². The van der Waals surface area contributed by atoms with E-state index < -0.39 is 29.8 Å². The van der Waals surface area contributed by atoms with E-state index in [0.717, 1.165) is 5.56 Å². The lowest BCUT2D eigenvalue weighted by Gasteiger charge is -2.42.